The predicted octanol–water partition coefficient (Wildman–Crippen LogP) is 1.87. The van der Waals surface area contributed by atoms with Crippen molar-refractivity contribution in [2.45, 2.75) is 25.7 Å². The van der Waals surface area contributed by atoms with E-state index in [9.17, 15) is 9.59 Å². The van der Waals surface area contributed by atoms with E-state index in [1.54, 1.807) is 13.2 Å². The lowest BCUT2D eigenvalue weighted by atomic mass is 10.1. The molecule has 0 aliphatic carbocycles. The topological polar surface area (TPSA) is 84.9 Å². The smallest absolute Gasteiger partial charge is 0.335 e. The first kappa shape index (κ1) is 18.0. The Kier molecular flexibility index (Phi) is 7.99. The van der Waals surface area contributed by atoms with E-state index in [-0.39, 0.29) is 11.5 Å². The third-order valence-corrected chi connectivity index (χ3v) is 3.25. The normalized spacial score (nSPS) is 10.3. The van der Waals surface area contributed by atoms with Gasteiger partial charge in [0.25, 0.3) is 0 Å². The van der Waals surface area contributed by atoms with Crippen LogP contribution in [0, 0.1) is 0 Å². The van der Waals surface area contributed by atoms with Crippen LogP contribution in [0.3, 0.4) is 0 Å². The Hall–Kier alpha value is -2.08. The zero-order valence-electron chi connectivity index (χ0n) is 13.1. The predicted molar refractivity (Wildman–Crippen MR) is 82.4 cm³/mol. The second-order valence-corrected chi connectivity index (χ2v) is 4.88. The Labute approximate surface area is 130 Å². The van der Waals surface area contributed by atoms with Crippen LogP contribution in [0.1, 0.15) is 35.2 Å². The van der Waals surface area contributed by atoms with Gasteiger partial charge in [-0.1, -0.05) is 6.07 Å². The van der Waals surface area contributed by atoms with Gasteiger partial charge in [-0.3, -0.25) is 4.79 Å². The highest BCUT2D eigenvalue weighted by Gasteiger charge is 2.09. The van der Waals surface area contributed by atoms with Crippen molar-refractivity contribution in [3.63, 3.8) is 0 Å². The quantitative estimate of drug-likeness (QED) is 0.645. The van der Waals surface area contributed by atoms with Crippen LogP contribution >= 0.6 is 0 Å². The molecule has 0 spiro atoms. The van der Waals surface area contributed by atoms with Gasteiger partial charge < -0.3 is 19.9 Å². The van der Waals surface area contributed by atoms with E-state index in [0.29, 0.717) is 31.7 Å². The molecule has 122 valence electrons. The van der Waals surface area contributed by atoms with Crippen LogP contribution in [0.4, 0.5) is 0 Å². The minimum Gasteiger partial charge on any atom is -0.496 e. The summed E-state index contributed by atoms with van der Waals surface area (Å²) in [6.45, 7) is 1.16. The third-order valence-electron chi connectivity index (χ3n) is 3.25. The maximum absolute atomic E-state index is 11.6. The second-order valence-electron chi connectivity index (χ2n) is 4.88. The number of carbonyl (C=O) groups is 2. The molecule has 0 heterocycles. The van der Waals surface area contributed by atoms with E-state index in [2.05, 4.69) is 5.32 Å². The largest absolute Gasteiger partial charge is 0.496 e. The van der Waals surface area contributed by atoms with Gasteiger partial charge in [0.1, 0.15) is 5.75 Å². The second kappa shape index (κ2) is 9.78. The van der Waals surface area contributed by atoms with Crippen molar-refractivity contribution in [3.05, 3.63) is 29.3 Å². The maximum Gasteiger partial charge on any atom is 0.335 e. The van der Waals surface area contributed by atoms with Crippen LogP contribution in [0.2, 0.25) is 0 Å². The van der Waals surface area contributed by atoms with Gasteiger partial charge in [-0.2, -0.15) is 0 Å². The zero-order chi connectivity index (χ0) is 16.4. The lowest BCUT2D eigenvalue weighted by Crippen LogP contribution is -2.25. The molecule has 0 unspecified atom stereocenters. The number of benzene rings is 1. The van der Waals surface area contributed by atoms with Crippen molar-refractivity contribution >= 4 is 11.9 Å². The Bertz CT molecular complexity index is 501. The zero-order valence-corrected chi connectivity index (χ0v) is 13.1. The molecule has 0 atom stereocenters. The third kappa shape index (κ3) is 6.13. The number of methoxy groups -OCH3 is 2. The molecule has 22 heavy (non-hydrogen) atoms. The number of ether oxygens (including phenoxy) is 2. The van der Waals surface area contributed by atoms with Crippen LogP contribution in [-0.2, 0) is 16.0 Å². The number of amides is 1. The summed E-state index contributed by atoms with van der Waals surface area (Å²) in [6.07, 6.45) is 2.75. The summed E-state index contributed by atoms with van der Waals surface area (Å²) < 4.78 is 10.1. The molecule has 0 fully saturated rings. The number of rotatable bonds is 10. The number of hydrogen-bond donors (Lipinski definition) is 2. The summed E-state index contributed by atoms with van der Waals surface area (Å²) in [5.41, 5.74) is 1.05. The van der Waals surface area contributed by atoms with E-state index < -0.39 is 5.97 Å². The van der Waals surface area contributed by atoms with Gasteiger partial charge in [-0.25, -0.2) is 4.79 Å². The number of hydrogen-bond acceptors (Lipinski definition) is 4. The standard InChI is InChI=1S/C16H23NO5/c1-21-10-4-3-5-15(18)17-9-8-12-6-7-13(16(19)20)11-14(12)22-2/h6-7,11H,3-5,8-10H2,1-2H3,(H,17,18)(H,19,20). The van der Waals surface area contributed by atoms with Gasteiger partial charge in [0.05, 0.1) is 12.7 Å². The average molecular weight is 309 g/mol. The maximum atomic E-state index is 11.6. The van der Waals surface area contributed by atoms with Crippen LogP contribution in [0.5, 0.6) is 5.75 Å². The fourth-order valence-electron chi connectivity index (χ4n) is 2.04. The minimum atomic E-state index is -0.991. The van der Waals surface area contributed by atoms with Gasteiger partial charge in [0.15, 0.2) is 0 Å². The lowest BCUT2D eigenvalue weighted by molar-refractivity contribution is -0.121. The highest BCUT2D eigenvalue weighted by Crippen LogP contribution is 2.20. The number of carboxylic acid groups (broad SMARTS) is 1. The molecule has 0 saturated carbocycles. The molecular formula is C16H23NO5. The molecule has 0 radical (unpaired) electrons. The van der Waals surface area contributed by atoms with E-state index in [1.807, 2.05) is 0 Å². The summed E-state index contributed by atoms with van der Waals surface area (Å²) in [5.74, 6) is -0.458. The van der Waals surface area contributed by atoms with Crippen molar-refractivity contribution < 1.29 is 24.2 Å². The molecule has 1 amide bonds. The lowest BCUT2D eigenvalue weighted by Gasteiger charge is -2.10. The molecule has 0 saturated heterocycles. The fraction of sp³-hybridized carbons (Fsp3) is 0.500. The Balaban J connectivity index is 2.41. The van der Waals surface area contributed by atoms with E-state index >= 15 is 0 Å². The number of nitrogens with one attached hydrogen (secondary N) is 1. The average Bonchev–Trinajstić information content (AvgIpc) is 2.51. The van der Waals surface area contributed by atoms with Gasteiger partial charge >= 0.3 is 5.97 Å². The van der Waals surface area contributed by atoms with Crippen molar-refractivity contribution in [1.82, 2.24) is 5.32 Å². The van der Waals surface area contributed by atoms with Crippen molar-refractivity contribution in [2.24, 2.45) is 0 Å². The first-order valence-electron chi connectivity index (χ1n) is 7.24. The van der Waals surface area contributed by atoms with Crippen LogP contribution in [0.25, 0.3) is 0 Å². The highest BCUT2D eigenvalue weighted by molar-refractivity contribution is 5.88. The van der Waals surface area contributed by atoms with E-state index in [1.165, 1.54) is 19.2 Å². The number of aromatic carboxylic acids is 1. The first-order chi connectivity index (χ1) is 10.6. The van der Waals surface area contributed by atoms with Gasteiger partial charge in [0.2, 0.25) is 5.91 Å². The molecule has 6 heteroatoms. The molecule has 6 nitrogen and oxygen atoms in total. The number of unbranched alkanes of at least 4 members (excludes halogenated alkanes) is 1. The molecule has 0 aliphatic rings. The van der Waals surface area contributed by atoms with E-state index in [0.717, 1.165) is 18.4 Å². The summed E-state index contributed by atoms with van der Waals surface area (Å²) in [4.78, 5) is 22.5. The van der Waals surface area contributed by atoms with Crippen molar-refractivity contribution in [1.29, 1.82) is 0 Å². The van der Waals surface area contributed by atoms with Gasteiger partial charge in [0, 0.05) is 26.7 Å². The molecule has 1 aromatic rings. The first-order valence-corrected chi connectivity index (χ1v) is 7.24. The van der Waals surface area contributed by atoms with Crippen LogP contribution in [0.15, 0.2) is 18.2 Å². The minimum absolute atomic E-state index is 0.0113. The number of carbonyl (C=O) groups excluding carboxylic acids is 1. The molecule has 2 N–H and O–H groups in total. The Morgan fingerprint density at radius 1 is 1.23 bits per heavy atom. The highest BCUT2D eigenvalue weighted by atomic mass is 16.5. The molecule has 1 rings (SSSR count). The Morgan fingerprint density at radius 3 is 2.64 bits per heavy atom. The van der Waals surface area contributed by atoms with Crippen molar-refractivity contribution in [2.75, 3.05) is 27.4 Å². The van der Waals surface area contributed by atoms with Crippen molar-refractivity contribution in [3.8, 4) is 5.75 Å². The molecule has 0 aliphatic heterocycles. The monoisotopic (exact) mass is 309 g/mol. The molecule has 1 aromatic carbocycles. The molecule has 0 aromatic heterocycles. The molecular weight excluding hydrogens is 286 g/mol. The Morgan fingerprint density at radius 2 is 2.00 bits per heavy atom. The van der Waals surface area contributed by atoms with Gasteiger partial charge in [-0.15, -0.1) is 0 Å². The summed E-state index contributed by atoms with van der Waals surface area (Å²) in [6, 6.07) is 4.74. The number of carboxylic acids is 1. The van der Waals surface area contributed by atoms with Crippen LogP contribution in [-0.4, -0.2) is 44.4 Å². The summed E-state index contributed by atoms with van der Waals surface area (Å²) >= 11 is 0. The fourth-order valence-corrected chi connectivity index (χ4v) is 2.04. The summed E-state index contributed by atoms with van der Waals surface area (Å²) in [7, 11) is 3.14. The van der Waals surface area contributed by atoms with Crippen LogP contribution < -0.4 is 10.1 Å². The molecule has 0 bridgehead atoms. The SMILES string of the molecule is COCCCCC(=O)NCCc1ccc(C(=O)O)cc1OC. The van der Waals surface area contributed by atoms with E-state index in [4.69, 9.17) is 14.6 Å². The summed E-state index contributed by atoms with van der Waals surface area (Å²) in [5, 5.41) is 11.8. The van der Waals surface area contributed by atoms with Gasteiger partial charge in [-0.05, 0) is 37.0 Å².